The summed E-state index contributed by atoms with van der Waals surface area (Å²) in [6, 6.07) is 12.0. The fourth-order valence-electron chi connectivity index (χ4n) is 7.14. The van der Waals surface area contributed by atoms with Gasteiger partial charge >= 0.3 is 0 Å². The summed E-state index contributed by atoms with van der Waals surface area (Å²) >= 11 is 0. The van der Waals surface area contributed by atoms with E-state index < -0.39 is 33.6 Å². The zero-order valence-electron chi connectivity index (χ0n) is 28.5. The molecule has 3 atom stereocenters. The highest BCUT2D eigenvalue weighted by molar-refractivity contribution is 7.89. The number of aliphatic hydroxyl groups is 1. The van der Waals surface area contributed by atoms with Crippen molar-refractivity contribution in [2.45, 2.75) is 83.0 Å². The molecule has 0 aliphatic carbocycles. The smallest absolute Gasteiger partial charge is 0.261 e. The lowest BCUT2D eigenvalue weighted by atomic mass is 9.91. The summed E-state index contributed by atoms with van der Waals surface area (Å²) in [5, 5.41) is 12.6. The monoisotopic (exact) mass is 685 g/mol. The van der Waals surface area contributed by atoms with E-state index in [2.05, 4.69) is 20.3 Å². The second-order valence-electron chi connectivity index (χ2n) is 13.8. The van der Waals surface area contributed by atoms with Gasteiger partial charge in [0, 0.05) is 30.9 Å². The van der Waals surface area contributed by atoms with Gasteiger partial charge in [0.1, 0.15) is 17.9 Å². The first-order valence-electron chi connectivity index (χ1n) is 16.6. The predicted octanol–water partition coefficient (Wildman–Crippen LogP) is 4.27. The molecular weight excluding hydrogens is 643 g/mol. The number of hydrogen-bond acceptors (Lipinski definition) is 8. The molecule has 2 amide bonds. The van der Waals surface area contributed by atoms with Gasteiger partial charge in [-0.1, -0.05) is 44.2 Å². The molecule has 2 N–H and O–H groups in total. The summed E-state index contributed by atoms with van der Waals surface area (Å²) in [6.07, 6.45) is 7.79. The maximum atomic E-state index is 14.6. The topological polar surface area (TPSA) is 151 Å². The van der Waals surface area contributed by atoms with Crippen molar-refractivity contribution >= 4 is 33.5 Å². The summed E-state index contributed by atoms with van der Waals surface area (Å²) in [7, 11) is -4.31. The lowest BCUT2D eigenvalue weighted by Gasteiger charge is -2.29. The van der Waals surface area contributed by atoms with Crippen molar-refractivity contribution in [3.8, 4) is 11.1 Å². The van der Waals surface area contributed by atoms with Crippen molar-refractivity contribution in [3.63, 3.8) is 0 Å². The molecule has 0 bridgehead atoms. The molecule has 258 valence electrons. The third-order valence-electron chi connectivity index (χ3n) is 9.33. The highest BCUT2D eigenvalue weighted by Gasteiger charge is 2.53. The number of fused-ring (bicyclic) bond motifs is 1. The first-order valence-corrected chi connectivity index (χ1v) is 18.1. The van der Waals surface area contributed by atoms with Gasteiger partial charge in [-0.25, -0.2) is 28.3 Å². The lowest BCUT2D eigenvalue weighted by molar-refractivity contribution is -0.125. The highest BCUT2D eigenvalue weighted by Crippen LogP contribution is 2.45. The Kier molecular flexibility index (Phi) is 9.44. The normalized spacial score (nSPS) is 20.2. The van der Waals surface area contributed by atoms with E-state index in [0.717, 1.165) is 27.8 Å². The van der Waals surface area contributed by atoms with E-state index in [9.17, 15) is 23.1 Å². The minimum Gasteiger partial charge on any atom is -0.394 e. The van der Waals surface area contributed by atoms with Crippen LogP contribution in [-0.4, -0.2) is 74.4 Å². The number of nitrogens with zero attached hydrogens (tertiary/aromatic N) is 6. The van der Waals surface area contributed by atoms with Gasteiger partial charge in [-0.3, -0.25) is 14.2 Å². The molecule has 49 heavy (non-hydrogen) atoms. The van der Waals surface area contributed by atoms with E-state index in [0.29, 0.717) is 24.9 Å². The van der Waals surface area contributed by atoms with Crippen LogP contribution in [0.15, 0.2) is 72.4 Å². The molecule has 0 unspecified atom stereocenters. The molecule has 0 saturated carbocycles. The number of rotatable bonds is 11. The van der Waals surface area contributed by atoms with E-state index in [1.54, 1.807) is 19.3 Å². The second kappa shape index (κ2) is 13.4. The average Bonchev–Trinajstić information content (AvgIpc) is 3.78. The zero-order chi connectivity index (χ0) is 35.1. The fourth-order valence-corrected chi connectivity index (χ4v) is 8.99. The summed E-state index contributed by atoms with van der Waals surface area (Å²) in [5.74, 6) is -0.324. The second-order valence-corrected chi connectivity index (χ2v) is 15.6. The fraction of sp³-hybridized carbons (Fsp3) is 0.417. The molecule has 1 saturated heterocycles. The number of benzene rings is 2. The SMILES string of the molecule is Cc1cc(C)cc(N2C(=O)[C@@](C)(Cc3ccc(-c4cncnc4)cc3)n3c(S(=O)(=O)N4CCC[C@H]4C(=O)N[C@H](CO)CC(C)C)cnc32)c1. The van der Waals surface area contributed by atoms with Crippen LogP contribution in [0.1, 0.15) is 56.7 Å². The van der Waals surface area contributed by atoms with Crippen LogP contribution in [0.3, 0.4) is 0 Å². The Morgan fingerprint density at radius 2 is 1.71 bits per heavy atom. The largest absolute Gasteiger partial charge is 0.394 e. The highest BCUT2D eigenvalue weighted by atomic mass is 32.2. The van der Waals surface area contributed by atoms with Crippen molar-refractivity contribution in [1.82, 2.24) is 29.1 Å². The molecule has 4 aromatic rings. The van der Waals surface area contributed by atoms with Crippen LogP contribution in [0.4, 0.5) is 11.6 Å². The van der Waals surface area contributed by atoms with Gasteiger partial charge in [0.15, 0.2) is 5.03 Å². The summed E-state index contributed by atoms with van der Waals surface area (Å²) in [4.78, 5) is 42.4. The molecule has 2 aromatic heterocycles. The first kappa shape index (κ1) is 34.4. The van der Waals surface area contributed by atoms with E-state index in [4.69, 9.17) is 0 Å². The molecular formula is C36H43N7O5S. The van der Waals surface area contributed by atoms with E-state index in [1.165, 1.54) is 26.3 Å². The van der Waals surface area contributed by atoms with Crippen molar-refractivity contribution in [2.75, 3.05) is 18.1 Å². The van der Waals surface area contributed by atoms with Gasteiger partial charge in [0.2, 0.25) is 11.9 Å². The number of carbonyl (C=O) groups is 2. The van der Waals surface area contributed by atoms with Crippen LogP contribution in [0.25, 0.3) is 11.1 Å². The molecule has 0 spiro atoms. The first-order chi connectivity index (χ1) is 23.3. The number of aliphatic hydroxyl groups excluding tert-OH is 1. The number of carbonyl (C=O) groups excluding carboxylic acids is 2. The van der Waals surface area contributed by atoms with Crippen molar-refractivity contribution in [1.29, 1.82) is 0 Å². The third-order valence-corrected chi connectivity index (χ3v) is 11.2. The van der Waals surface area contributed by atoms with Crippen LogP contribution in [-0.2, 0) is 31.6 Å². The Morgan fingerprint density at radius 3 is 2.35 bits per heavy atom. The van der Waals surface area contributed by atoms with Crippen LogP contribution in [0.5, 0.6) is 0 Å². The Bertz CT molecular complexity index is 1940. The predicted molar refractivity (Wildman–Crippen MR) is 185 cm³/mol. The average molecular weight is 686 g/mol. The maximum Gasteiger partial charge on any atom is 0.261 e. The van der Waals surface area contributed by atoms with Crippen molar-refractivity contribution in [2.24, 2.45) is 5.92 Å². The van der Waals surface area contributed by atoms with Gasteiger partial charge in [-0.05, 0) is 80.3 Å². The van der Waals surface area contributed by atoms with Crippen LogP contribution < -0.4 is 10.2 Å². The molecule has 2 aliphatic heterocycles. The third kappa shape index (κ3) is 6.50. The summed E-state index contributed by atoms with van der Waals surface area (Å²) in [5.41, 5.74) is 3.70. The van der Waals surface area contributed by atoms with Crippen molar-refractivity contribution in [3.05, 3.63) is 84.1 Å². The molecule has 13 heteroatoms. The van der Waals surface area contributed by atoms with Gasteiger partial charge in [0.05, 0.1) is 24.5 Å². The quantitative estimate of drug-likeness (QED) is 0.238. The van der Waals surface area contributed by atoms with E-state index >= 15 is 0 Å². The number of amides is 2. The number of anilines is 2. The molecule has 4 heterocycles. The lowest BCUT2D eigenvalue weighted by Crippen LogP contribution is -2.50. The molecule has 6 rings (SSSR count). The van der Waals surface area contributed by atoms with E-state index in [-0.39, 0.29) is 42.4 Å². The Balaban J connectivity index is 1.40. The minimum atomic E-state index is -4.31. The number of hydrogen-bond donors (Lipinski definition) is 2. The number of imidazole rings is 1. The van der Waals surface area contributed by atoms with Crippen molar-refractivity contribution < 1.29 is 23.1 Å². The Labute approximate surface area is 287 Å². The van der Waals surface area contributed by atoms with Crippen LogP contribution >= 0.6 is 0 Å². The van der Waals surface area contributed by atoms with Gasteiger partial charge in [-0.2, -0.15) is 4.31 Å². The molecule has 12 nitrogen and oxygen atoms in total. The van der Waals surface area contributed by atoms with Gasteiger partial charge in [-0.15, -0.1) is 0 Å². The molecule has 0 radical (unpaired) electrons. The number of sulfonamides is 1. The number of aryl methyl sites for hydroxylation is 2. The van der Waals surface area contributed by atoms with E-state index in [1.807, 2.05) is 70.2 Å². The Morgan fingerprint density at radius 1 is 1.04 bits per heavy atom. The summed E-state index contributed by atoms with van der Waals surface area (Å²) < 4.78 is 31.9. The number of aromatic nitrogens is 4. The molecule has 2 aliphatic rings. The summed E-state index contributed by atoms with van der Waals surface area (Å²) in [6.45, 7) is 9.52. The molecule has 1 fully saturated rings. The molecule has 2 aromatic carbocycles. The van der Waals surface area contributed by atoms with Crippen LogP contribution in [0, 0.1) is 19.8 Å². The zero-order valence-corrected chi connectivity index (χ0v) is 29.3. The minimum absolute atomic E-state index is 0.144. The Hall–Kier alpha value is -4.46. The number of nitrogens with one attached hydrogen (secondary N) is 1. The standard InChI is InChI=1S/C36H43N7O5S/c1-23(2)13-29(21-44)40-33(45)31-7-6-12-41(31)49(47,48)32-20-39-35-42(30-15-24(3)14-25(4)16-30)34(46)36(5,43(32)35)17-26-8-10-27(11-9-26)28-18-37-22-38-19-28/h8-11,14-16,18-20,22-23,29,31,44H,6-7,12-13,17,21H2,1-5H3,(H,40,45)/t29-,31-,36+/m0/s1. The van der Waals surface area contributed by atoms with Crippen LogP contribution in [0.2, 0.25) is 0 Å². The van der Waals surface area contributed by atoms with Gasteiger partial charge < -0.3 is 10.4 Å². The maximum absolute atomic E-state index is 14.6. The van der Waals surface area contributed by atoms with Gasteiger partial charge in [0.25, 0.3) is 15.9 Å².